The molecule has 1 aliphatic heterocycles. The zero-order chi connectivity index (χ0) is 13.8. The maximum absolute atomic E-state index is 4.46. The molecule has 4 nitrogen and oxygen atoms in total. The largest absolute Gasteiger partial charge is 0.351 e. The van der Waals surface area contributed by atoms with Gasteiger partial charge in [-0.05, 0) is 38.7 Å². The van der Waals surface area contributed by atoms with E-state index < -0.39 is 0 Å². The first-order valence-electron chi connectivity index (χ1n) is 7.34. The highest BCUT2D eigenvalue weighted by Crippen LogP contribution is 2.15. The molecular weight excluding hydrogens is 236 g/mol. The Bertz CT molecular complexity index is 388. The first-order valence-corrected chi connectivity index (χ1v) is 7.34. The number of nitrogens with one attached hydrogen (secondary N) is 1. The van der Waals surface area contributed by atoms with E-state index in [4.69, 9.17) is 0 Å². The van der Waals surface area contributed by atoms with E-state index >= 15 is 0 Å². The molecular formula is C15H26N4. The molecule has 2 heterocycles. The Morgan fingerprint density at radius 3 is 2.32 bits per heavy atom. The standard InChI is InChI=1S/C15H26N4/c1-11(2)10-19-7-5-14(6-8-19)18-15-16-12(3)9-13(4)17-15/h9,11,14H,5-8,10H2,1-4H3,(H,16,17,18). The van der Waals surface area contributed by atoms with Gasteiger partial charge in [-0.1, -0.05) is 13.8 Å². The molecule has 1 saturated heterocycles. The minimum atomic E-state index is 0.518. The van der Waals surface area contributed by atoms with Crippen LogP contribution in [-0.2, 0) is 0 Å². The minimum Gasteiger partial charge on any atom is -0.351 e. The quantitative estimate of drug-likeness (QED) is 0.905. The molecule has 2 rings (SSSR count). The van der Waals surface area contributed by atoms with Gasteiger partial charge in [0.1, 0.15) is 0 Å². The number of hydrogen-bond acceptors (Lipinski definition) is 4. The Morgan fingerprint density at radius 2 is 1.79 bits per heavy atom. The molecule has 106 valence electrons. The summed E-state index contributed by atoms with van der Waals surface area (Å²) in [6.07, 6.45) is 2.37. The van der Waals surface area contributed by atoms with Gasteiger partial charge in [-0.2, -0.15) is 0 Å². The van der Waals surface area contributed by atoms with Crippen molar-refractivity contribution in [2.45, 2.75) is 46.6 Å². The van der Waals surface area contributed by atoms with Gasteiger partial charge in [0, 0.05) is 37.1 Å². The van der Waals surface area contributed by atoms with Crippen molar-refractivity contribution in [3.8, 4) is 0 Å². The van der Waals surface area contributed by atoms with Crippen LogP contribution in [0.25, 0.3) is 0 Å². The molecule has 1 aromatic heterocycles. The number of aromatic nitrogens is 2. The average Bonchev–Trinajstić information content (AvgIpc) is 2.29. The van der Waals surface area contributed by atoms with Crippen molar-refractivity contribution in [1.82, 2.24) is 14.9 Å². The number of hydrogen-bond donors (Lipinski definition) is 1. The van der Waals surface area contributed by atoms with E-state index in [9.17, 15) is 0 Å². The fraction of sp³-hybridized carbons (Fsp3) is 0.733. The van der Waals surface area contributed by atoms with E-state index in [2.05, 4.69) is 34.0 Å². The fourth-order valence-corrected chi connectivity index (χ4v) is 2.75. The number of aryl methyl sites for hydroxylation is 2. The zero-order valence-corrected chi connectivity index (χ0v) is 12.6. The Balaban J connectivity index is 1.85. The van der Waals surface area contributed by atoms with E-state index in [0.29, 0.717) is 6.04 Å². The second-order valence-corrected chi connectivity index (χ2v) is 6.09. The molecule has 19 heavy (non-hydrogen) atoms. The van der Waals surface area contributed by atoms with Crippen LogP contribution in [0, 0.1) is 19.8 Å². The lowest BCUT2D eigenvalue weighted by molar-refractivity contribution is 0.197. The molecule has 0 atom stereocenters. The van der Waals surface area contributed by atoms with Crippen LogP contribution in [0.3, 0.4) is 0 Å². The van der Waals surface area contributed by atoms with E-state index in [1.54, 1.807) is 0 Å². The Kier molecular flexibility index (Phi) is 4.75. The highest BCUT2D eigenvalue weighted by Gasteiger charge is 2.20. The van der Waals surface area contributed by atoms with E-state index in [-0.39, 0.29) is 0 Å². The molecule has 4 heteroatoms. The van der Waals surface area contributed by atoms with E-state index in [1.165, 1.54) is 32.5 Å². The van der Waals surface area contributed by atoms with Gasteiger partial charge in [0.05, 0.1) is 0 Å². The molecule has 0 aliphatic carbocycles. The Labute approximate surface area is 116 Å². The van der Waals surface area contributed by atoms with Crippen LogP contribution in [0.4, 0.5) is 5.95 Å². The summed E-state index contributed by atoms with van der Waals surface area (Å²) in [6, 6.07) is 2.53. The molecule has 1 fully saturated rings. The monoisotopic (exact) mass is 262 g/mol. The third kappa shape index (κ3) is 4.46. The maximum atomic E-state index is 4.46. The third-order valence-electron chi connectivity index (χ3n) is 3.53. The van der Waals surface area contributed by atoms with Crippen LogP contribution >= 0.6 is 0 Å². The van der Waals surface area contributed by atoms with Gasteiger partial charge in [-0.15, -0.1) is 0 Å². The highest BCUT2D eigenvalue weighted by molar-refractivity contribution is 5.29. The lowest BCUT2D eigenvalue weighted by Gasteiger charge is -2.33. The third-order valence-corrected chi connectivity index (χ3v) is 3.53. The SMILES string of the molecule is Cc1cc(C)nc(NC2CCN(CC(C)C)CC2)n1. The van der Waals surface area contributed by atoms with Crippen molar-refractivity contribution in [3.63, 3.8) is 0 Å². The van der Waals surface area contributed by atoms with Gasteiger partial charge in [0.2, 0.25) is 5.95 Å². The zero-order valence-electron chi connectivity index (χ0n) is 12.6. The van der Waals surface area contributed by atoms with E-state index in [1.807, 2.05) is 19.9 Å². The van der Waals surface area contributed by atoms with Gasteiger partial charge in [0.15, 0.2) is 0 Å². The number of anilines is 1. The van der Waals surface area contributed by atoms with Crippen molar-refractivity contribution >= 4 is 5.95 Å². The summed E-state index contributed by atoms with van der Waals surface area (Å²) in [4.78, 5) is 11.5. The Hall–Kier alpha value is -1.16. The normalized spacial score (nSPS) is 17.9. The van der Waals surface area contributed by atoms with Crippen molar-refractivity contribution in [1.29, 1.82) is 0 Å². The van der Waals surface area contributed by atoms with Gasteiger partial charge in [0.25, 0.3) is 0 Å². The summed E-state index contributed by atoms with van der Waals surface area (Å²) in [5.74, 6) is 1.55. The summed E-state index contributed by atoms with van der Waals surface area (Å²) < 4.78 is 0. The summed E-state index contributed by atoms with van der Waals surface area (Å²) >= 11 is 0. The van der Waals surface area contributed by atoms with Gasteiger partial charge >= 0.3 is 0 Å². The molecule has 0 bridgehead atoms. The summed E-state index contributed by atoms with van der Waals surface area (Å²) in [7, 11) is 0. The van der Waals surface area contributed by atoms with Gasteiger partial charge < -0.3 is 10.2 Å². The van der Waals surface area contributed by atoms with Crippen LogP contribution in [-0.4, -0.2) is 40.5 Å². The lowest BCUT2D eigenvalue weighted by atomic mass is 10.0. The molecule has 1 aliphatic rings. The fourth-order valence-electron chi connectivity index (χ4n) is 2.75. The lowest BCUT2D eigenvalue weighted by Crippen LogP contribution is -2.40. The van der Waals surface area contributed by atoms with E-state index in [0.717, 1.165) is 23.3 Å². The second kappa shape index (κ2) is 6.33. The number of nitrogens with zero attached hydrogens (tertiary/aromatic N) is 3. The van der Waals surface area contributed by atoms with Crippen LogP contribution in [0.1, 0.15) is 38.1 Å². The first kappa shape index (κ1) is 14.3. The predicted molar refractivity (Wildman–Crippen MR) is 79.4 cm³/mol. The van der Waals surface area contributed by atoms with Crippen LogP contribution in [0.2, 0.25) is 0 Å². The molecule has 0 spiro atoms. The van der Waals surface area contributed by atoms with Crippen LogP contribution in [0.15, 0.2) is 6.07 Å². The Morgan fingerprint density at radius 1 is 1.21 bits per heavy atom. The molecule has 0 amide bonds. The molecule has 0 aromatic carbocycles. The van der Waals surface area contributed by atoms with Crippen molar-refractivity contribution in [3.05, 3.63) is 17.5 Å². The molecule has 1 N–H and O–H groups in total. The van der Waals surface area contributed by atoms with Crippen LogP contribution in [0.5, 0.6) is 0 Å². The summed E-state index contributed by atoms with van der Waals surface area (Å²) in [6.45, 7) is 12.2. The number of rotatable bonds is 4. The molecule has 0 unspecified atom stereocenters. The predicted octanol–water partition coefficient (Wildman–Crippen LogP) is 2.63. The highest BCUT2D eigenvalue weighted by atomic mass is 15.2. The maximum Gasteiger partial charge on any atom is 0.223 e. The number of likely N-dealkylation sites (tertiary alicyclic amines) is 1. The van der Waals surface area contributed by atoms with Gasteiger partial charge in [-0.3, -0.25) is 0 Å². The van der Waals surface area contributed by atoms with Gasteiger partial charge in [-0.25, -0.2) is 9.97 Å². The number of piperidine rings is 1. The minimum absolute atomic E-state index is 0.518. The first-order chi connectivity index (χ1) is 9.02. The van der Waals surface area contributed by atoms with Crippen molar-refractivity contribution < 1.29 is 0 Å². The van der Waals surface area contributed by atoms with Crippen molar-refractivity contribution in [2.24, 2.45) is 5.92 Å². The molecule has 1 aromatic rings. The molecule has 0 radical (unpaired) electrons. The average molecular weight is 262 g/mol. The second-order valence-electron chi connectivity index (χ2n) is 6.09. The smallest absolute Gasteiger partial charge is 0.223 e. The topological polar surface area (TPSA) is 41.1 Å². The van der Waals surface area contributed by atoms with Crippen molar-refractivity contribution in [2.75, 3.05) is 25.0 Å². The van der Waals surface area contributed by atoms with Crippen LogP contribution < -0.4 is 5.32 Å². The molecule has 0 saturated carbocycles. The summed E-state index contributed by atoms with van der Waals surface area (Å²) in [5.41, 5.74) is 2.07. The summed E-state index contributed by atoms with van der Waals surface area (Å²) in [5, 5.41) is 3.49.